The molecule has 0 aliphatic rings. The Hall–Kier alpha value is -2.97. The summed E-state index contributed by atoms with van der Waals surface area (Å²) in [7, 11) is 0. The minimum atomic E-state index is -0.820. The summed E-state index contributed by atoms with van der Waals surface area (Å²) in [6, 6.07) is 1.43. The highest BCUT2D eigenvalue weighted by atomic mass is 16.2. The first-order valence-corrected chi connectivity index (χ1v) is 8.01. The standard InChI is InChI=1S/C16H22N6O3/c1-6-11-10(5)18-16(20-13(11)23)22-12(7-9(4)21-22)19-15(25)14(24)17-8(2)3/h7-8H,6H2,1-5H3,(H,17,24)(H,19,25)(H,18,20,23). The largest absolute Gasteiger partial charge is 0.346 e. The van der Waals surface area contributed by atoms with Crippen LogP contribution < -0.4 is 16.2 Å². The molecule has 2 aromatic rings. The number of aromatic nitrogens is 4. The number of anilines is 1. The quantitative estimate of drug-likeness (QED) is 0.700. The summed E-state index contributed by atoms with van der Waals surface area (Å²) in [6.45, 7) is 8.85. The molecule has 0 saturated heterocycles. The van der Waals surface area contributed by atoms with Gasteiger partial charge in [-0.15, -0.1) is 0 Å². The lowest BCUT2D eigenvalue weighted by atomic mass is 10.2. The van der Waals surface area contributed by atoms with E-state index in [9.17, 15) is 14.4 Å². The Morgan fingerprint density at radius 1 is 1.28 bits per heavy atom. The third kappa shape index (κ3) is 4.11. The van der Waals surface area contributed by atoms with Gasteiger partial charge in [-0.05, 0) is 34.1 Å². The number of carbonyl (C=O) groups excluding carboxylic acids is 2. The SMILES string of the molecule is CCc1c(C)nc(-n2nc(C)cc2NC(=O)C(=O)NC(C)C)[nH]c1=O. The van der Waals surface area contributed by atoms with Gasteiger partial charge in [0.05, 0.1) is 5.69 Å². The maximum atomic E-state index is 12.1. The van der Waals surface area contributed by atoms with Crippen LogP contribution in [0.4, 0.5) is 5.82 Å². The van der Waals surface area contributed by atoms with E-state index < -0.39 is 11.8 Å². The molecular formula is C16H22N6O3. The average molecular weight is 346 g/mol. The van der Waals surface area contributed by atoms with Gasteiger partial charge in [0.2, 0.25) is 5.95 Å². The van der Waals surface area contributed by atoms with Crippen LogP contribution in [0, 0.1) is 13.8 Å². The maximum absolute atomic E-state index is 12.1. The fourth-order valence-electron chi connectivity index (χ4n) is 2.36. The van der Waals surface area contributed by atoms with Gasteiger partial charge >= 0.3 is 11.8 Å². The van der Waals surface area contributed by atoms with Crippen LogP contribution in [0.1, 0.15) is 37.7 Å². The van der Waals surface area contributed by atoms with E-state index in [-0.39, 0.29) is 23.4 Å². The van der Waals surface area contributed by atoms with Crippen molar-refractivity contribution < 1.29 is 9.59 Å². The highest BCUT2D eigenvalue weighted by molar-refractivity contribution is 6.39. The van der Waals surface area contributed by atoms with Crippen molar-refractivity contribution in [2.45, 2.75) is 47.1 Å². The molecule has 9 nitrogen and oxygen atoms in total. The van der Waals surface area contributed by atoms with Crippen LogP contribution in [0.3, 0.4) is 0 Å². The third-order valence-electron chi connectivity index (χ3n) is 3.46. The Kier molecular flexibility index (Phi) is 5.35. The molecule has 25 heavy (non-hydrogen) atoms. The van der Waals surface area contributed by atoms with Gasteiger partial charge < -0.3 is 10.6 Å². The van der Waals surface area contributed by atoms with E-state index in [1.54, 1.807) is 33.8 Å². The van der Waals surface area contributed by atoms with Gasteiger partial charge in [-0.3, -0.25) is 19.4 Å². The van der Waals surface area contributed by atoms with Crippen molar-refractivity contribution in [2.24, 2.45) is 0 Å². The van der Waals surface area contributed by atoms with Crippen LogP contribution in [-0.4, -0.2) is 37.6 Å². The highest BCUT2D eigenvalue weighted by Gasteiger charge is 2.19. The van der Waals surface area contributed by atoms with E-state index in [2.05, 4.69) is 25.7 Å². The van der Waals surface area contributed by atoms with Gasteiger partial charge in [-0.25, -0.2) is 4.98 Å². The monoisotopic (exact) mass is 346 g/mol. The van der Waals surface area contributed by atoms with Crippen LogP contribution in [0.5, 0.6) is 0 Å². The zero-order valence-electron chi connectivity index (χ0n) is 14.9. The Labute approximate surface area is 144 Å². The number of hydrogen-bond donors (Lipinski definition) is 3. The predicted octanol–water partition coefficient (Wildman–Crippen LogP) is 0.598. The zero-order chi connectivity index (χ0) is 18.7. The topological polar surface area (TPSA) is 122 Å². The maximum Gasteiger partial charge on any atom is 0.314 e. The number of carbonyl (C=O) groups is 2. The number of aryl methyl sites for hydroxylation is 2. The molecule has 2 heterocycles. The number of nitrogens with one attached hydrogen (secondary N) is 3. The summed E-state index contributed by atoms with van der Waals surface area (Å²) in [5, 5.41) is 9.23. The van der Waals surface area contributed by atoms with Crippen LogP contribution >= 0.6 is 0 Å². The molecule has 2 amide bonds. The Morgan fingerprint density at radius 2 is 1.96 bits per heavy atom. The smallest absolute Gasteiger partial charge is 0.314 e. The second-order valence-corrected chi connectivity index (χ2v) is 5.97. The number of rotatable bonds is 4. The van der Waals surface area contributed by atoms with Gasteiger partial charge in [0.25, 0.3) is 5.56 Å². The lowest BCUT2D eigenvalue weighted by molar-refractivity contribution is -0.136. The average Bonchev–Trinajstić information content (AvgIpc) is 2.86. The molecule has 0 aromatic carbocycles. The van der Waals surface area contributed by atoms with Crippen molar-refractivity contribution in [3.8, 4) is 5.95 Å². The van der Waals surface area contributed by atoms with Crippen LogP contribution in [-0.2, 0) is 16.0 Å². The Balaban J connectivity index is 2.37. The minimum absolute atomic E-state index is 0.160. The van der Waals surface area contributed by atoms with Crippen molar-refractivity contribution >= 4 is 17.6 Å². The third-order valence-corrected chi connectivity index (χ3v) is 3.46. The van der Waals surface area contributed by atoms with Gasteiger partial charge in [0.15, 0.2) is 0 Å². The van der Waals surface area contributed by atoms with Crippen molar-refractivity contribution in [3.63, 3.8) is 0 Å². The van der Waals surface area contributed by atoms with Crippen LogP contribution in [0.2, 0.25) is 0 Å². The first-order chi connectivity index (χ1) is 11.7. The van der Waals surface area contributed by atoms with Gasteiger partial charge in [-0.2, -0.15) is 9.78 Å². The number of hydrogen-bond acceptors (Lipinski definition) is 5. The molecule has 0 saturated carbocycles. The Morgan fingerprint density at radius 3 is 2.52 bits per heavy atom. The molecule has 0 spiro atoms. The van der Waals surface area contributed by atoms with Crippen LogP contribution in [0.15, 0.2) is 10.9 Å². The van der Waals surface area contributed by atoms with Gasteiger partial charge in [0.1, 0.15) is 5.82 Å². The van der Waals surface area contributed by atoms with E-state index in [1.807, 2.05) is 6.92 Å². The van der Waals surface area contributed by atoms with Crippen molar-refractivity contribution in [1.82, 2.24) is 25.1 Å². The molecule has 134 valence electrons. The number of nitrogens with zero attached hydrogens (tertiary/aromatic N) is 3. The van der Waals surface area contributed by atoms with E-state index in [4.69, 9.17) is 0 Å². The fraction of sp³-hybridized carbons (Fsp3) is 0.438. The molecular weight excluding hydrogens is 324 g/mol. The number of aromatic amines is 1. The van der Waals surface area contributed by atoms with E-state index in [1.165, 1.54) is 4.68 Å². The normalized spacial score (nSPS) is 10.8. The molecule has 0 atom stereocenters. The molecule has 0 radical (unpaired) electrons. The summed E-state index contributed by atoms with van der Waals surface area (Å²) in [5.74, 6) is -1.15. The first-order valence-electron chi connectivity index (χ1n) is 8.01. The molecule has 0 aliphatic carbocycles. The minimum Gasteiger partial charge on any atom is -0.346 e. The molecule has 0 fully saturated rings. The Bertz CT molecular complexity index is 865. The lowest BCUT2D eigenvalue weighted by Crippen LogP contribution is -2.39. The van der Waals surface area contributed by atoms with Crippen molar-refractivity contribution in [2.75, 3.05) is 5.32 Å². The molecule has 2 aromatic heterocycles. The zero-order valence-corrected chi connectivity index (χ0v) is 14.9. The molecule has 0 bridgehead atoms. The van der Waals surface area contributed by atoms with Gasteiger partial charge in [0, 0.05) is 23.4 Å². The van der Waals surface area contributed by atoms with Gasteiger partial charge in [-0.1, -0.05) is 6.92 Å². The lowest BCUT2D eigenvalue weighted by Gasteiger charge is -2.11. The summed E-state index contributed by atoms with van der Waals surface area (Å²) in [5.41, 5.74) is 1.52. The molecule has 9 heteroatoms. The summed E-state index contributed by atoms with van der Waals surface area (Å²) >= 11 is 0. The van der Waals surface area contributed by atoms with E-state index >= 15 is 0 Å². The van der Waals surface area contributed by atoms with E-state index in [0.29, 0.717) is 23.4 Å². The molecule has 2 rings (SSSR count). The second kappa shape index (κ2) is 7.29. The molecule has 3 N–H and O–H groups in total. The molecule has 0 unspecified atom stereocenters. The van der Waals surface area contributed by atoms with E-state index in [0.717, 1.165) is 0 Å². The first kappa shape index (κ1) is 18.4. The highest BCUT2D eigenvalue weighted by Crippen LogP contribution is 2.14. The summed E-state index contributed by atoms with van der Waals surface area (Å²) in [6.07, 6.45) is 0.561. The van der Waals surface area contributed by atoms with Crippen LogP contribution in [0.25, 0.3) is 5.95 Å². The second-order valence-electron chi connectivity index (χ2n) is 5.97. The predicted molar refractivity (Wildman–Crippen MR) is 92.7 cm³/mol. The number of amides is 2. The summed E-state index contributed by atoms with van der Waals surface area (Å²) in [4.78, 5) is 42.9. The molecule has 0 aliphatic heterocycles. The fourth-order valence-corrected chi connectivity index (χ4v) is 2.36. The number of H-pyrrole nitrogens is 1. The van der Waals surface area contributed by atoms with Crippen molar-refractivity contribution in [1.29, 1.82) is 0 Å². The van der Waals surface area contributed by atoms with Crippen molar-refractivity contribution in [3.05, 3.63) is 33.4 Å². The summed E-state index contributed by atoms with van der Waals surface area (Å²) < 4.78 is 1.30.